The number of hydrogen-bond acceptors (Lipinski definition) is 20. The Balaban J connectivity index is 1.50. The van der Waals surface area contributed by atoms with Crippen LogP contribution in [0.15, 0.2) is 12.2 Å². The number of aliphatic hydroxyl groups excluding tert-OH is 9. The minimum atomic E-state index is -1.61. The number of nitrogens with one attached hydrogen (secondary N) is 1. The van der Waals surface area contributed by atoms with Gasteiger partial charge in [-0.3, -0.25) is 0 Å². The molecule has 1 saturated carbocycles. The normalized spacial score (nSPS) is 45.1. The lowest BCUT2D eigenvalue weighted by Crippen LogP contribution is -2.64. The minimum absolute atomic E-state index is 0.113. The Morgan fingerprint density at radius 3 is 2.06 bits per heavy atom. The molecular formula is C30H57N5O15. The molecule has 4 aliphatic rings. The summed E-state index contributed by atoms with van der Waals surface area (Å²) in [5.41, 5.74) is 24.6. The molecule has 3 heterocycles. The highest BCUT2D eigenvalue weighted by molar-refractivity contribution is 5.05. The van der Waals surface area contributed by atoms with Gasteiger partial charge in [0.1, 0.15) is 48.8 Å². The molecule has 0 amide bonds. The average Bonchev–Trinajstić information content (AvgIpc) is 3.40. The van der Waals surface area contributed by atoms with E-state index in [0.717, 1.165) is 0 Å². The van der Waals surface area contributed by atoms with Crippen molar-refractivity contribution >= 4 is 0 Å². The van der Waals surface area contributed by atoms with E-state index in [0.29, 0.717) is 0 Å². The Bertz CT molecular complexity index is 1040. The summed E-state index contributed by atoms with van der Waals surface area (Å²) in [7, 11) is 0. The van der Waals surface area contributed by atoms with Crippen LogP contribution in [0.3, 0.4) is 0 Å². The molecule has 2 saturated heterocycles. The number of rotatable bonds is 17. The Morgan fingerprint density at radius 1 is 0.740 bits per heavy atom. The van der Waals surface area contributed by atoms with Crippen LogP contribution in [0.5, 0.6) is 0 Å². The zero-order valence-corrected chi connectivity index (χ0v) is 27.8. The van der Waals surface area contributed by atoms with Crippen LogP contribution in [0.2, 0.25) is 0 Å². The van der Waals surface area contributed by atoms with E-state index < -0.39 is 136 Å². The smallest absolute Gasteiger partial charge is 0.187 e. The third-order valence-electron chi connectivity index (χ3n) is 9.65. The van der Waals surface area contributed by atoms with Gasteiger partial charge in [-0.15, -0.1) is 0 Å². The Morgan fingerprint density at radius 2 is 1.40 bits per heavy atom. The van der Waals surface area contributed by atoms with Gasteiger partial charge in [0.15, 0.2) is 18.9 Å². The Kier molecular flexibility index (Phi) is 16.1. The van der Waals surface area contributed by atoms with Gasteiger partial charge in [0.05, 0.1) is 56.3 Å². The second kappa shape index (κ2) is 19.3. The van der Waals surface area contributed by atoms with E-state index in [1.54, 1.807) is 12.2 Å². The molecule has 292 valence electrons. The molecule has 0 spiro atoms. The standard InChI is InChI=1S/C30H57N5O15/c31-6-18-22(42)23(43)20(34)29(46-18)49-26-19(11-38)47-30(24(26)44)50-27-21(41)12(1-2-13(39)9-36)5-17(33)25(27)48-28-16(32)4-3-15(45-28)8-35-7-14(40)10-37/h3-4,12-30,35-44H,1-2,5-11,31-34H2/t12-,13?,14?,15+,16-,17+,18+,19-,20-,21+,22-,23-,24-,25-,26-,27-,28-,29-,30+/m1/s1. The molecular weight excluding hydrogens is 670 g/mol. The Labute approximate surface area is 289 Å². The van der Waals surface area contributed by atoms with Gasteiger partial charge in [0.25, 0.3) is 0 Å². The molecule has 0 bridgehead atoms. The lowest BCUT2D eigenvalue weighted by Gasteiger charge is -2.46. The van der Waals surface area contributed by atoms with E-state index in [1.165, 1.54) is 0 Å². The maximum atomic E-state index is 11.6. The topological polar surface area (TPSA) is 354 Å². The van der Waals surface area contributed by atoms with Gasteiger partial charge in [-0.05, 0) is 25.2 Å². The fourth-order valence-corrected chi connectivity index (χ4v) is 6.67. The number of aliphatic hydroxyl groups is 9. The van der Waals surface area contributed by atoms with Crippen LogP contribution in [0.4, 0.5) is 0 Å². The van der Waals surface area contributed by atoms with Crippen LogP contribution >= 0.6 is 0 Å². The molecule has 3 aliphatic heterocycles. The van der Waals surface area contributed by atoms with E-state index in [2.05, 4.69) is 5.32 Å². The van der Waals surface area contributed by atoms with E-state index in [9.17, 15) is 40.9 Å². The molecule has 18 N–H and O–H groups in total. The van der Waals surface area contributed by atoms with Crippen LogP contribution in [-0.2, 0) is 28.4 Å². The molecule has 20 heteroatoms. The fraction of sp³-hybridized carbons (Fsp3) is 0.933. The number of nitrogens with two attached hydrogens (primary N) is 4. The first kappa shape index (κ1) is 41.7. The third kappa shape index (κ3) is 10.1. The largest absolute Gasteiger partial charge is 0.394 e. The van der Waals surface area contributed by atoms with Crippen LogP contribution in [0.1, 0.15) is 19.3 Å². The van der Waals surface area contributed by atoms with Crippen LogP contribution in [0, 0.1) is 5.92 Å². The number of hydrogen-bond donors (Lipinski definition) is 14. The summed E-state index contributed by atoms with van der Waals surface area (Å²) in [6.07, 6.45) is -14.1. The lowest BCUT2D eigenvalue weighted by molar-refractivity contribution is -0.286. The summed E-state index contributed by atoms with van der Waals surface area (Å²) in [4.78, 5) is 0. The minimum Gasteiger partial charge on any atom is -0.394 e. The van der Waals surface area contributed by atoms with Crippen molar-refractivity contribution in [2.24, 2.45) is 28.9 Å². The van der Waals surface area contributed by atoms with E-state index >= 15 is 0 Å². The van der Waals surface area contributed by atoms with Crippen molar-refractivity contribution in [1.29, 1.82) is 0 Å². The van der Waals surface area contributed by atoms with Gasteiger partial charge in [-0.2, -0.15) is 0 Å². The molecule has 2 unspecified atom stereocenters. The molecule has 0 aromatic rings. The SMILES string of the molecule is NC[C@@H]1O[C@H](O[C@H]2[C@@H](O)[C@H](O[C@@H]3[C@@H](O)[C@H](CCC(O)CO)C[C@H](N)[C@H]3O[C@H]3O[C@H](CNCC(O)CO)C=C[C@H]3N)O[C@@H]2CO)[C@H](N)[C@@H](O)[C@@H]1O. The highest BCUT2D eigenvalue weighted by Gasteiger charge is 2.53. The van der Waals surface area contributed by atoms with Crippen molar-refractivity contribution in [3.8, 4) is 0 Å². The molecule has 19 atom stereocenters. The molecule has 1 aliphatic carbocycles. The van der Waals surface area contributed by atoms with Gasteiger partial charge in [0, 0.05) is 25.7 Å². The summed E-state index contributed by atoms with van der Waals surface area (Å²) < 4.78 is 35.9. The highest BCUT2D eigenvalue weighted by atomic mass is 16.8. The summed E-state index contributed by atoms with van der Waals surface area (Å²) in [6.45, 7) is -1.34. The Hall–Kier alpha value is -1.06. The second-order valence-corrected chi connectivity index (χ2v) is 13.4. The van der Waals surface area contributed by atoms with Crippen molar-refractivity contribution in [3.05, 3.63) is 12.2 Å². The average molecular weight is 728 g/mol. The fourth-order valence-electron chi connectivity index (χ4n) is 6.67. The van der Waals surface area contributed by atoms with Gasteiger partial charge in [0.2, 0.25) is 0 Å². The van der Waals surface area contributed by atoms with Gasteiger partial charge in [-0.1, -0.05) is 12.2 Å². The predicted molar refractivity (Wildman–Crippen MR) is 170 cm³/mol. The van der Waals surface area contributed by atoms with Crippen molar-refractivity contribution in [3.63, 3.8) is 0 Å². The number of ether oxygens (including phenoxy) is 6. The van der Waals surface area contributed by atoms with Crippen molar-refractivity contribution in [1.82, 2.24) is 5.32 Å². The van der Waals surface area contributed by atoms with Crippen molar-refractivity contribution in [2.75, 3.05) is 39.5 Å². The van der Waals surface area contributed by atoms with Crippen LogP contribution in [0.25, 0.3) is 0 Å². The van der Waals surface area contributed by atoms with Gasteiger partial charge >= 0.3 is 0 Å². The molecule has 3 fully saturated rings. The molecule has 0 aromatic carbocycles. The molecule has 0 aromatic heterocycles. The predicted octanol–water partition coefficient (Wildman–Crippen LogP) is -7.65. The summed E-state index contributed by atoms with van der Waals surface area (Å²) >= 11 is 0. The molecule has 4 rings (SSSR count). The van der Waals surface area contributed by atoms with Gasteiger partial charge in [-0.25, -0.2) is 0 Å². The first-order chi connectivity index (χ1) is 23.8. The first-order valence-corrected chi connectivity index (χ1v) is 17.0. The van der Waals surface area contributed by atoms with Crippen LogP contribution in [-0.4, -0.2) is 196 Å². The monoisotopic (exact) mass is 727 g/mol. The molecule has 20 nitrogen and oxygen atoms in total. The molecule has 0 radical (unpaired) electrons. The maximum Gasteiger partial charge on any atom is 0.187 e. The van der Waals surface area contributed by atoms with E-state index in [1.807, 2.05) is 0 Å². The zero-order valence-electron chi connectivity index (χ0n) is 27.8. The van der Waals surface area contributed by atoms with Crippen LogP contribution < -0.4 is 28.3 Å². The van der Waals surface area contributed by atoms with Crippen molar-refractivity contribution < 1.29 is 74.4 Å². The van der Waals surface area contributed by atoms with E-state index in [4.69, 9.17) is 56.5 Å². The first-order valence-electron chi connectivity index (χ1n) is 17.0. The zero-order chi connectivity index (χ0) is 36.7. The third-order valence-corrected chi connectivity index (χ3v) is 9.65. The van der Waals surface area contributed by atoms with Crippen molar-refractivity contribution in [2.45, 2.75) is 130 Å². The van der Waals surface area contributed by atoms with Gasteiger partial charge < -0.3 is 103 Å². The maximum absolute atomic E-state index is 11.6. The highest BCUT2D eigenvalue weighted by Crippen LogP contribution is 2.37. The quantitative estimate of drug-likeness (QED) is 0.0619. The summed E-state index contributed by atoms with van der Waals surface area (Å²) in [5.74, 6) is -0.541. The summed E-state index contributed by atoms with van der Waals surface area (Å²) in [5, 5.41) is 94.7. The van der Waals surface area contributed by atoms with E-state index in [-0.39, 0.29) is 38.9 Å². The second-order valence-electron chi connectivity index (χ2n) is 13.4. The lowest BCUT2D eigenvalue weighted by atomic mass is 9.77. The molecule has 50 heavy (non-hydrogen) atoms. The summed E-state index contributed by atoms with van der Waals surface area (Å²) in [6, 6.07) is -2.79.